The monoisotopic (exact) mass is 379 g/mol. The highest BCUT2D eigenvalue weighted by molar-refractivity contribution is 7.89. The van der Waals surface area contributed by atoms with Gasteiger partial charge in [-0.25, -0.2) is 8.42 Å². The van der Waals surface area contributed by atoms with Gasteiger partial charge in [-0.2, -0.15) is 4.31 Å². The number of nitrogens with one attached hydrogen (secondary N) is 1. The van der Waals surface area contributed by atoms with Gasteiger partial charge in [-0.05, 0) is 43.2 Å². The maximum atomic E-state index is 13.1. The number of carbonyl (C=O) groups excluding carboxylic acids is 1. The van der Waals surface area contributed by atoms with Crippen LogP contribution in [0.3, 0.4) is 0 Å². The molecule has 8 heteroatoms. The predicted molar refractivity (Wildman–Crippen MR) is 96.1 cm³/mol. The molecule has 0 aromatic carbocycles. The minimum Gasteiger partial charge on any atom is -0.356 e. The fourth-order valence-electron chi connectivity index (χ4n) is 3.67. The molecule has 2 fully saturated rings. The van der Waals surface area contributed by atoms with Crippen molar-refractivity contribution in [3.63, 3.8) is 0 Å². The highest BCUT2D eigenvalue weighted by Gasteiger charge is 2.37. The Morgan fingerprint density at radius 2 is 2.00 bits per heavy atom. The van der Waals surface area contributed by atoms with Crippen molar-refractivity contribution in [2.45, 2.75) is 36.6 Å². The summed E-state index contributed by atoms with van der Waals surface area (Å²) in [4.78, 5) is 18.3. The maximum Gasteiger partial charge on any atom is 0.270 e. The Balaban J connectivity index is 1.59. The number of thiophene rings is 1. The number of rotatable bonds is 4. The molecule has 134 valence electrons. The standard InChI is InChI=1S/C17H21N3O3S2/c21-17(19-7-1-2-8-19)14-11-13(12-18-14)25(22,23)20-9-3-5-15(20)16-6-4-10-24-16/h4,6,10-12,15,18H,1-3,5,7-9H2. The van der Waals surface area contributed by atoms with Gasteiger partial charge in [-0.1, -0.05) is 6.07 Å². The number of aromatic amines is 1. The third-order valence-electron chi connectivity index (χ3n) is 4.96. The number of nitrogens with zero attached hydrogens (tertiary/aromatic N) is 2. The van der Waals surface area contributed by atoms with Crippen molar-refractivity contribution in [2.24, 2.45) is 0 Å². The maximum absolute atomic E-state index is 13.1. The Labute approximate surface area is 151 Å². The summed E-state index contributed by atoms with van der Waals surface area (Å²) in [5.74, 6) is -0.116. The Morgan fingerprint density at radius 3 is 2.72 bits per heavy atom. The molecule has 1 amide bonds. The molecular formula is C17H21N3O3S2. The normalized spacial score (nSPS) is 21.9. The zero-order valence-electron chi connectivity index (χ0n) is 13.8. The number of H-pyrrole nitrogens is 1. The smallest absolute Gasteiger partial charge is 0.270 e. The van der Waals surface area contributed by atoms with Crippen molar-refractivity contribution in [2.75, 3.05) is 19.6 Å². The molecule has 25 heavy (non-hydrogen) atoms. The van der Waals surface area contributed by atoms with Crippen molar-refractivity contribution < 1.29 is 13.2 Å². The Hall–Kier alpha value is -1.64. The lowest BCUT2D eigenvalue weighted by Gasteiger charge is -2.22. The second-order valence-corrected chi connectivity index (χ2v) is 9.41. The number of aromatic nitrogens is 1. The van der Waals surface area contributed by atoms with Crippen molar-refractivity contribution in [1.29, 1.82) is 0 Å². The van der Waals surface area contributed by atoms with Crippen molar-refractivity contribution in [3.8, 4) is 0 Å². The molecule has 1 N–H and O–H groups in total. The second kappa shape index (κ2) is 6.59. The van der Waals surface area contributed by atoms with Crippen LogP contribution in [-0.4, -0.2) is 48.1 Å². The van der Waals surface area contributed by atoms with Crippen LogP contribution in [0.2, 0.25) is 0 Å². The predicted octanol–water partition coefficient (Wildman–Crippen LogP) is 2.84. The summed E-state index contributed by atoms with van der Waals surface area (Å²) in [7, 11) is -3.61. The van der Waals surface area contributed by atoms with E-state index in [0.717, 1.165) is 43.6 Å². The SMILES string of the molecule is O=C(c1cc(S(=O)(=O)N2CCCC2c2cccs2)c[nH]1)N1CCCC1. The minimum absolute atomic E-state index is 0.0994. The van der Waals surface area contributed by atoms with Crippen LogP contribution >= 0.6 is 11.3 Å². The van der Waals surface area contributed by atoms with Crippen LogP contribution in [0.4, 0.5) is 0 Å². The third kappa shape index (κ3) is 3.02. The lowest BCUT2D eigenvalue weighted by molar-refractivity contribution is 0.0787. The van der Waals surface area contributed by atoms with Gasteiger partial charge in [-0.15, -0.1) is 11.3 Å². The molecule has 1 atom stereocenters. The lowest BCUT2D eigenvalue weighted by Crippen LogP contribution is -2.30. The number of amides is 1. The van der Waals surface area contributed by atoms with Gasteiger partial charge in [0.25, 0.3) is 5.91 Å². The van der Waals surface area contributed by atoms with Gasteiger partial charge in [0.05, 0.1) is 6.04 Å². The topological polar surface area (TPSA) is 73.5 Å². The first-order valence-corrected chi connectivity index (χ1v) is 10.9. The van der Waals surface area contributed by atoms with E-state index in [4.69, 9.17) is 0 Å². The summed E-state index contributed by atoms with van der Waals surface area (Å²) in [6.45, 7) is 2.00. The van der Waals surface area contributed by atoms with Gasteiger partial charge in [0.15, 0.2) is 0 Å². The molecule has 6 nitrogen and oxygen atoms in total. The zero-order chi connectivity index (χ0) is 17.4. The van der Waals surface area contributed by atoms with E-state index < -0.39 is 10.0 Å². The van der Waals surface area contributed by atoms with Gasteiger partial charge in [0.2, 0.25) is 10.0 Å². The van der Waals surface area contributed by atoms with Gasteiger partial charge >= 0.3 is 0 Å². The summed E-state index contributed by atoms with van der Waals surface area (Å²) < 4.78 is 27.7. The molecule has 2 aromatic heterocycles. The molecular weight excluding hydrogens is 358 g/mol. The van der Waals surface area contributed by atoms with Crippen LogP contribution in [0.5, 0.6) is 0 Å². The number of carbonyl (C=O) groups is 1. The summed E-state index contributed by atoms with van der Waals surface area (Å²) in [6, 6.07) is 5.33. The first kappa shape index (κ1) is 16.8. The molecule has 2 saturated heterocycles. The molecule has 0 spiro atoms. The quantitative estimate of drug-likeness (QED) is 0.888. The summed E-state index contributed by atoms with van der Waals surface area (Å²) in [6.07, 6.45) is 5.15. The van der Waals surface area contributed by atoms with E-state index in [-0.39, 0.29) is 16.8 Å². The van der Waals surface area contributed by atoms with Crippen LogP contribution in [-0.2, 0) is 10.0 Å². The molecule has 4 rings (SSSR count). The van der Waals surface area contributed by atoms with Crippen LogP contribution in [0.25, 0.3) is 0 Å². The van der Waals surface area contributed by atoms with Gasteiger partial charge in [0.1, 0.15) is 10.6 Å². The lowest BCUT2D eigenvalue weighted by atomic mass is 10.2. The third-order valence-corrected chi connectivity index (χ3v) is 7.82. The Morgan fingerprint density at radius 1 is 1.20 bits per heavy atom. The number of sulfonamides is 1. The molecule has 0 aliphatic carbocycles. The van der Waals surface area contributed by atoms with E-state index in [9.17, 15) is 13.2 Å². The summed E-state index contributed by atoms with van der Waals surface area (Å²) >= 11 is 1.59. The Kier molecular flexibility index (Phi) is 4.43. The molecule has 2 aromatic rings. The van der Waals surface area contributed by atoms with E-state index in [1.165, 1.54) is 12.3 Å². The number of hydrogen-bond acceptors (Lipinski definition) is 4. The van der Waals surface area contributed by atoms with E-state index in [2.05, 4.69) is 4.98 Å². The largest absolute Gasteiger partial charge is 0.356 e. The molecule has 0 radical (unpaired) electrons. The zero-order valence-corrected chi connectivity index (χ0v) is 15.5. The van der Waals surface area contributed by atoms with Crippen molar-refractivity contribution in [1.82, 2.24) is 14.2 Å². The summed E-state index contributed by atoms with van der Waals surface area (Å²) in [5.41, 5.74) is 0.354. The molecule has 0 saturated carbocycles. The molecule has 0 bridgehead atoms. The number of likely N-dealkylation sites (tertiary alicyclic amines) is 1. The van der Waals surface area contributed by atoms with Gasteiger partial charge < -0.3 is 9.88 Å². The second-order valence-electron chi connectivity index (χ2n) is 6.54. The number of hydrogen-bond donors (Lipinski definition) is 1. The first-order chi connectivity index (χ1) is 12.1. The van der Waals surface area contributed by atoms with Crippen molar-refractivity contribution in [3.05, 3.63) is 40.3 Å². The molecule has 4 heterocycles. The Bertz CT molecular complexity index is 852. The fourth-order valence-corrected chi connectivity index (χ4v) is 6.28. The average molecular weight is 380 g/mol. The van der Waals surface area contributed by atoms with Crippen LogP contribution in [0, 0.1) is 0 Å². The highest BCUT2D eigenvalue weighted by atomic mass is 32.2. The van der Waals surface area contributed by atoms with E-state index >= 15 is 0 Å². The van der Waals surface area contributed by atoms with Crippen molar-refractivity contribution >= 4 is 27.3 Å². The van der Waals surface area contributed by atoms with Crippen LogP contribution in [0.1, 0.15) is 47.1 Å². The summed E-state index contributed by atoms with van der Waals surface area (Å²) in [5, 5.41) is 1.97. The average Bonchev–Trinajstić information content (AvgIpc) is 3.43. The van der Waals surface area contributed by atoms with E-state index in [1.807, 2.05) is 17.5 Å². The molecule has 2 aliphatic rings. The van der Waals surface area contributed by atoms with Crippen LogP contribution in [0.15, 0.2) is 34.7 Å². The highest BCUT2D eigenvalue weighted by Crippen LogP contribution is 2.38. The van der Waals surface area contributed by atoms with Crippen LogP contribution < -0.4 is 0 Å². The minimum atomic E-state index is -3.61. The molecule has 1 unspecified atom stereocenters. The molecule has 2 aliphatic heterocycles. The first-order valence-electron chi connectivity index (χ1n) is 8.60. The van der Waals surface area contributed by atoms with Gasteiger partial charge in [0, 0.05) is 30.7 Å². The van der Waals surface area contributed by atoms with E-state index in [0.29, 0.717) is 12.2 Å². The fraction of sp³-hybridized carbons (Fsp3) is 0.471. The van der Waals surface area contributed by atoms with E-state index in [1.54, 1.807) is 20.5 Å². The van der Waals surface area contributed by atoms with Gasteiger partial charge in [-0.3, -0.25) is 4.79 Å².